The molecule has 1 aliphatic heterocycles. The zero-order valence-corrected chi connectivity index (χ0v) is 14.7. The maximum Gasteiger partial charge on any atom is 0.248 e. The molecule has 7 nitrogen and oxygen atoms in total. The lowest BCUT2D eigenvalue weighted by molar-refractivity contribution is -0.136. The maximum atomic E-state index is 11.9. The molecule has 1 aliphatic rings. The van der Waals surface area contributed by atoms with Gasteiger partial charge in [0, 0.05) is 31.8 Å². The molecule has 24 heavy (non-hydrogen) atoms. The minimum Gasteiger partial charge on any atom is -0.375 e. The Morgan fingerprint density at radius 2 is 2.17 bits per heavy atom. The van der Waals surface area contributed by atoms with Gasteiger partial charge in [0.05, 0.1) is 0 Å². The number of carbonyl (C=O) groups is 1. The number of nitrogens with one attached hydrogen (secondary N) is 1. The Balaban J connectivity index is 1.61. The summed E-state index contributed by atoms with van der Waals surface area (Å²) in [4.78, 5) is 18.4. The number of nitrogens with zero attached hydrogens (tertiary/aromatic N) is 4. The lowest BCUT2D eigenvalue weighted by atomic mass is 9.93. The van der Waals surface area contributed by atoms with Gasteiger partial charge in [-0.2, -0.15) is 0 Å². The number of aromatic nitrogens is 3. The Labute approximate surface area is 145 Å². The van der Waals surface area contributed by atoms with Crippen LogP contribution >= 0.6 is 11.3 Å². The van der Waals surface area contributed by atoms with E-state index in [0.717, 1.165) is 47.6 Å². The highest BCUT2D eigenvalue weighted by molar-refractivity contribution is 7.15. The van der Waals surface area contributed by atoms with E-state index in [1.807, 2.05) is 30.0 Å². The van der Waals surface area contributed by atoms with Crippen LogP contribution < -0.4 is 5.32 Å². The van der Waals surface area contributed by atoms with Crippen LogP contribution in [0.4, 0.5) is 10.9 Å². The number of carbonyl (C=O) groups excluding carboxylic acids is 1. The molecule has 1 N–H and O–H groups in total. The van der Waals surface area contributed by atoms with Gasteiger partial charge in [-0.3, -0.25) is 4.79 Å². The Bertz CT molecular complexity index is 697. The molecule has 1 fully saturated rings. The van der Waals surface area contributed by atoms with Crippen molar-refractivity contribution in [3.8, 4) is 0 Å². The highest BCUT2D eigenvalue weighted by Gasteiger charge is 2.24. The van der Waals surface area contributed by atoms with Crippen molar-refractivity contribution in [1.82, 2.24) is 20.1 Å². The van der Waals surface area contributed by atoms with E-state index >= 15 is 0 Å². The number of amides is 1. The number of aryl methyl sites for hydroxylation is 1. The van der Waals surface area contributed by atoms with Crippen molar-refractivity contribution < 1.29 is 9.53 Å². The van der Waals surface area contributed by atoms with Gasteiger partial charge in [0.1, 0.15) is 17.4 Å². The lowest BCUT2D eigenvalue weighted by Crippen LogP contribution is -2.39. The van der Waals surface area contributed by atoms with Gasteiger partial charge < -0.3 is 15.0 Å². The molecule has 2 aromatic rings. The van der Waals surface area contributed by atoms with Crippen molar-refractivity contribution >= 4 is 28.2 Å². The summed E-state index contributed by atoms with van der Waals surface area (Å²) in [6.45, 7) is 3.58. The van der Waals surface area contributed by atoms with Crippen LogP contribution in [0.5, 0.6) is 0 Å². The summed E-state index contributed by atoms with van der Waals surface area (Å²) >= 11 is 1.50. The number of likely N-dealkylation sites (tertiary alicyclic amines) is 1. The van der Waals surface area contributed by atoms with E-state index in [9.17, 15) is 4.79 Å². The van der Waals surface area contributed by atoms with Crippen molar-refractivity contribution in [2.45, 2.75) is 25.7 Å². The number of anilines is 2. The third kappa shape index (κ3) is 4.07. The molecule has 0 radical (unpaired) electrons. The summed E-state index contributed by atoms with van der Waals surface area (Å²) in [5.74, 6) is 1.21. The average molecular weight is 347 g/mol. The molecular weight excluding hydrogens is 326 g/mol. The Morgan fingerprint density at radius 1 is 1.38 bits per heavy atom. The fourth-order valence-electron chi connectivity index (χ4n) is 2.84. The fraction of sp³-hybridized carbons (Fsp3) is 0.500. The SMILES string of the molecule is COCC(=O)N1CCC(c2cccc(Nc3nnc(C)s3)n2)CC1. The summed E-state index contributed by atoms with van der Waals surface area (Å²) in [7, 11) is 1.55. The number of rotatable bonds is 5. The van der Waals surface area contributed by atoms with Crippen LogP contribution in [0.15, 0.2) is 18.2 Å². The summed E-state index contributed by atoms with van der Waals surface area (Å²) in [5.41, 5.74) is 1.06. The number of pyridine rings is 1. The second-order valence-corrected chi connectivity index (χ2v) is 6.97. The summed E-state index contributed by atoms with van der Waals surface area (Å²) < 4.78 is 4.92. The minimum absolute atomic E-state index is 0.0611. The van der Waals surface area contributed by atoms with E-state index in [1.165, 1.54) is 11.3 Å². The van der Waals surface area contributed by atoms with Crippen molar-refractivity contribution in [2.24, 2.45) is 0 Å². The number of piperidine rings is 1. The van der Waals surface area contributed by atoms with E-state index in [1.54, 1.807) is 7.11 Å². The zero-order valence-electron chi connectivity index (χ0n) is 13.9. The van der Waals surface area contributed by atoms with Crippen molar-refractivity contribution in [1.29, 1.82) is 0 Å². The molecule has 0 spiro atoms. The molecule has 128 valence electrons. The van der Waals surface area contributed by atoms with Gasteiger partial charge >= 0.3 is 0 Å². The number of hydrogen-bond acceptors (Lipinski definition) is 7. The highest BCUT2D eigenvalue weighted by atomic mass is 32.1. The van der Waals surface area contributed by atoms with Gasteiger partial charge in [0.25, 0.3) is 0 Å². The normalized spacial score (nSPS) is 15.5. The van der Waals surface area contributed by atoms with Gasteiger partial charge in [-0.25, -0.2) is 4.98 Å². The second-order valence-electron chi connectivity index (χ2n) is 5.79. The van der Waals surface area contributed by atoms with Crippen molar-refractivity contribution in [3.63, 3.8) is 0 Å². The summed E-state index contributed by atoms with van der Waals surface area (Å²) in [6.07, 6.45) is 1.84. The second kappa shape index (κ2) is 7.67. The molecule has 2 aromatic heterocycles. The molecule has 0 saturated carbocycles. The zero-order chi connectivity index (χ0) is 16.9. The molecule has 1 saturated heterocycles. The van der Waals surface area contributed by atoms with Crippen LogP contribution in [0.3, 0.4) is 0 Å². The van der Waals surface area contributed by atoms with E-state index < -0.39 is 0 Å². The van der Waals surface area contributed by atoms with E-state index in [0.29, 0.717) is 5.92 Å². The number of hydrogen-bond donors (Lipinski definition) is 1. The smallest absolute Gasteiger partial charge is 0.248 e. The van der Waals surface area contributed by atoms with Gasteiger partial charge in [-0.05, 0) is 31.9 Å². The van der Waals surface area contributed by atoms with E-state index in [-0.39, 0.29) is 12.5 Å². The van der Waals surface area contributed by atoms with Crippen LogP contribution in [0.2, 0.25) is 0 Å². The predicted octanol–water partition coefficient (Wildman–Crippen LogP) is 2.34. The molecule has 3 rings (SSSR count). The van der Waals surface area contributed by atoms with Crippen LogP contribution in [-0.4, -0.2) is 52.8 Å². The quantitative estimate of drug-likeness (QED) is 0.894. The van der Waals surface area contributed by atoms with E-state index in [4.69, 9.17) is 9.72 Å². The van der Waals surface area contributed by atoms with Crippen LogP contribution in [0.1, 0.15) is 29.5 Å². The molecule has 1 amide bonds. The monoisotopic (exact) mass is 347 g/mol. The molecule has 0 aromatic carbocycles. The molecule has 0 aliphatic carbocycles. The first-order valence-electron chi connectivity index (χ1n) is 7.96. The van der Waals surface area contributed by atoms with Gasteiger partial charge in [0.15, 0.2) is 0 Å². The third-order valence-corrected chi connectivity index (χ3v) is 4.82. The molecule has 0 bridgehead atoms. The molecular formula is C16H21N5O2S. The fourth-order valence-corrected chi connectivity index (χ4v) is 3.44. The summed E-state index contributed by atoms with van der Waals surface area (Å²) in [5, 5.41) is 12.9. The van der Waals surface area contributed by atoms with Crippen molar-refractivity contribution in [2.75, 3.05) is 32.1 Å². The Morgan fingerprint density at radius 3 is 2.83 bits per heavy atom. The third-order valence-electron chi connectivity index (χ3n) is 4.07. The first-order chi connectivity index (χ1) is 11.7. The number of methoxy groups -OCH3 is 1. The van der Waals surface area contributed by atoms with Crippen LogP contribution in [-0.2, 0) is 9.53 Å². The van der Waals surface area contributed by atoms with Gasteiger partial charge in [0.2, 0.25) is 11.0 Å². The molecule has 0 atom stereocenters. The van der Waals surface area contributed by atoms with Crippen molar-refractivity contribution in [3.05, 3.63) is 28.9 Å². The molecule has 3 heterocycles. The Kier molecular flexibility index (Phi) is 5.37. The van der Waals surface area contributed by atoms with Gasteiger partial charge in [-0.15, -0.1) is 10.2 Å². The minimum atomic E-state index is 0.0611. The number of ether oxygens (including phenoxy) is 1. The topological polar surface area (TPSA) is 80.2 Å². The first-order valence-corrected chi connectivity index (χ1v) is 8.78. The van der Waals surface area contributed by atoms with Crippen LogP contribution in [0.25, 0.3) is 0 Å². The van der Waals surface area contributed by atoms with Crippen LogP contribution in [0, 0.1) is 6.92 Å². The first kappa shape index (κ1) is 16.8. The Hall–Kier alpha value is -2.06. The van der Waals surface area contributed by atoms with E-state index in [2.05, 4.69) is 15.5 Å². The maximum absolute atomic E-state index is 11.9. The van der Waals surface area contributed by atoms with Gasteiger partial charge in [-0.1, -0.05) is 17.4 Å². The molecule has 8 heteroatoms. The average Bonchev–Trinajstić information content (AvgIpc) is 3.00. The summed E-state index contributed by atoms with van der Waals surface area (Å²) in [6, 6.07) is 5.98. The largest absolute Gasteiger partial charge is 0.375 e. The standard InChI is InChI=1S/C16H21N5O2S/c1-11-19-20-16(24-11)18-14-5-3-4-13(17-14)12-6-8-21(9-7-12)15(22)10-23-2/h3-5,12H,6-10H2,1-2H3,(H,17,18,20). The lowest BCUT2D eigenvalue weighted by Gasteiger charge is -2.31. The molecule has 0 unspecified atom stereocenters. The highest BCUT2D eigenvalue weighted by Crippen LogP contribution is 2.28. The predicted molar refractivity (Wildman–Crippen MR) is 92.6 cm³/mol.